The molecule has 3 aliphatic rings. The Labute approximate surface area is 251 Å². The zero-order valence-corrected chi connectivity index (χ0v) is 26.8. The third kappa shape index (κ3) is 6.53. The number of nitrogens with one attached hydrogen (secondary N) is 3. The number of β-amino-alcohol motifs (C(OH)–C–C–N with tert-alkyl or cyclic N) is 1. The number of benzene rings is 1. The van der Waals surface area contributed by atoms with Crippen LogP contribution in [0.5, 0.6) is 0 Å². The number of hydrazine groups is 2. The molecule has 12 heteroatoms. The maximum atomic E-state index is 14.5. The molecule has 2 amide bonds. The smallest absolute Gasteiger partial charge is 0.242 e. The fraction of sp³-hybridized carbons (Fsp3) is 0.733. The van der Waals surface area contributed by atoms with Crippen molar-refractivity contribution in [3.05, 3.63) is 29.8 Å². The Morgan fingerprint density at radius 2 is 1.71 bits per heavy atom. The van der Waals surface area contributed by atoms with Crippen molar-refractivity contribution < 1.29 is 23.1 Å². The first-order chi connectivity index (χ1) is 19.7. The van der Waals surface area contributed by atoms with Crippen LogP contribution < -0.4 is 16.3 Å². The van der Waals surface area contributed by atoms with E-state index < -0.39 is 39.2 Å². The minimum Gasteiger partial charge on any atom is -0.391 e. The first kappa shape index (κ1) is 32.8. The van der Waals surface area contributed by atoms with Crippen molar-refractivity contribution in [1.82, 2.24) is 30.5 Å². The number of sulfonamides is 1. The summed E-state index contributed by atoms with van der Waals surface area (Å²) in [6.45, 7) is 8.27. The molecule has 4 atom stereocenters. The Hall–Kier alpha value is -2.09. The lowest BCUT2D eigenvalue weighted by Gasteiger charge is -2.49. The summed E-state index contributed by atoms with van der Waals surface area (Å²) >= 11 is 0. The normalized spacial score (nSPS) is 26.3. The summed E-state index contributed by atoms with van der Waals surface area (Å²) in [6.07, 6.45) is 6.22. The molecule has 1 spiro atoms. The average Bonchev–Trinajstić information content (AvgIpc) is 3.46. The highest BCUT2D eigenvalue weighted by Crippen LogP contribution is 2.42. The van der Waals surface area contributed by atoms with Crippen LogP contribution >= 0.6 is 0 Å². The molecule has 1 aliphatic carbocycles. The van der Waals surface area contributed by atoms with E-state index in [-0.39, 0.29) is 42.3 Å². The number of aliphatic hydroxyl groups excluding tert-OH is 1. The van der Waals surface area contributed by atoms with Crippen LogP contribution in [0.3, 0.4) is 0 Å². The van der Waals surface area contributed by atoms with Crippen molar-refractivity contribution >= 4 is 21.8 Å². The van der Waals surface area contributed by atoms with E-state index in [1.807, 2.05) is 32.7 Å². The molecule has 1 unspecified atom stereocenters. The van der Waals surface area contributed by atoms with Gasteiger partial charge in [0.2, 0.25) is 21.8 Å². The maximum Gasteiger partial charge on any atom is 0.242 e. The predicted octanol–water partition coefficient (Wildman–Crippen LogP) is 1.91. The lowest BCUT2D eigenvalue weighted by molar-refractivity contribution is -0.152. The second-order valence-corrected chi connectivity index (χ2v) is 15.5. The van der Waals surface area contributed by atoms with Crippen LogP contribution in [0.2, 0.25) is 0 Å². The van der Waals surface area contributed by atoms with E-state index in [0.29, 0.717) is 0 Å². The van der Waals surface area contributed by atoms with E-state index in [2.05, 4.69) is 16.3 Å². The zero-order chi connectivity index (χ0) is 30.9. The van der Waals surface area contributed by atoms with Crippen molar-refractivity contribution in [2.75, 3.05) is 27.2 Å². The van der Waals surface area contributed by atoms with Crippen LogP contribution in [0.15, 0.2) is 29.2 Å². The van der Waals surface area contributed by atoms with Crippen LogP contribution in [0.4, 0.5) is 0 Å². The number of aliphatic hydroxyl groups is 1. The molecule has 0 aromatic heterocycles. The molecule has 11 nitrogen and oxygen atoms in total. The number of nitrogens with zero attached hydrogens (tertiary/aromatic N) is 3. The molecule has 236 valence electrons. The number of carbonyl (C=O) groups excluding carboxylic acids is 2. The number of hydrogen-bond donors (Lipinski definition) is 4. The van der Waals surface area contributed by atoms with Gasteiger partial charge >= 0.3 is 0 Å². The number of carbonyl (C=O) groups is 2. The summed E-state index contributed by atoms with van der Waals surface area (Å²) in [5.74, 6) is -0.508. The first-order valence-electron chi connectivity index (χ1n) is 15.3. The van der Waals surface area contributed by atoms with Gasteiger partial charge in [0, 0.05) is 33.6 Å². The molecule has 4 N–H and O–H groups in total. The van der Waals surface area contributed by atoms with Gasteiger partial charge in [0.1, 0.15) is 12.1 Å². The Balaban J connectivity index is 1.70. The number of likely N-dealkylation sites (tertiary alicyclic amines) is 1. The molecule has 0 radical (unpaired) electrons. The molecular formula is C30H50N6O5S. The predicted molar refractivity (Wildman–Crippen MR) is 161 cm³/mol. The van der Waals surface area contributed by atoms with Gasteiger partial charge in [0.25, 0.3) is 0 Å². The number of rotatable bonds is 7. The summed E-state index contributed by atoms with van der Waals surface area (Å²) in [5.41, 5.74) is 6.65. The van der Waals surface area contributed by atoms with Gasteiger partial charge in [0.15, 0.2) is 0 Å². The number of aryl methyl sites for hydroxylation is 1. The molecule has 1 aromatic rings. The summed E-state index contributed by atoms with van der Waals surface area (Å²) < 4.78 is 28.6. The third-order valence-electron chi connectivity index (χ3n) is 9.30. The lowest BCUT2D eigenvalue weighted by Crippen LogP contribution is -2.66. The van der Waals surface area contributed by atoms with E-state index >= 15 is 0 Å². The van der Waals surface area contributed by atoms with Gasteiger partial charge in [-0.2, -0.15) is 9.84 Å². The Morgan fingerprint density at radius 3 is 2.29 bits per heavy atom. The zero-order valence-electron chi connectivity index (χ0n) is 26.0. The molecule has 4 rings (SSSR count). The maximum absolute atomic E-state index is 14.5. The average molecular weight is 607 g/mol. The minimum atomic E-state index is -3.74. The van der Waals surface area contributed by atoms with E-state index in [0.717, 1.165) is 50.5 Å². The number of amides is 2. The van der Waals surface area contributed by atoms with Crippen LogP contribution in [0.25, 0.3) is 0 Å². The van der Waals surface area contributed by atoms with E-state index in [1.165, 1.54) is 16.3 Å². The summed E-state index contributed by atoms with van der Waals surface area (Å²) in [6, 6.07) is 5.17. The molecule has 2 heterocycles. The van der Waals surface area contributed by atoms with E-state index in [1.54, 1.807) is 31.3 Å². The number of hydrogen-bond acceptors (Lipinski definition) is 8. The van der Waals surface area contributed by atoms with E-state index in [9.17, 15) is 23.1 Å². The SMILES string of the molecule is CNC(=O)[C@@H]1C[C@@H](O)CN1C(=O)[C@@H](N1NNC(CN(C)S(=O)(=O)c2ccc(C)cc2)C12CCCCCCC2)C(C)(C)C. The molecule has 42 heavy (non-hydrogen) atoms. The Kier molecular flexibility index (Phi) is 10.1. The molecule has 3 fully saturated rings. The van der Waals surface area contributed by atoms with Gasteiger partial charge in [-0.15, -0.1) is 0 Å². The Bertz CT molecular complexity index is 1210. The number of likely N-dealkylation sites (N-methyl/N-ethyl adjacent to an activating group) is 2. The summed E-state index contributed by atoms with van der Waals surface area (Å²) in [5, 5.41) is 15.2. The van der Waals surface area contributed by atoms with Crippen molar-refractivity contribution in [2.24, 2.45) is 5.41 Å². The minimum absolute atomic E-state index is 0.0960. The standard InChI is InChI=1S/C30H50N6O5S/c1-21-12-14-23(15-13-21)42(40,41)34(6)20-25-30(16-10-8-7-9-11-17-30)36(33-32-25)26(29(2,3)4)28(39)35-19-22(37)18-24(35)27(38)31-5/h12-15,22,24-26,32-33,37H,7-11,16-20H2,1-6H3,(H,31,38)/t22-,24+,25?,26-/m1/s1. The first-order valence-corrected chi connectivity index (χ1v) is 16.7. The van der Waals surface area contributed by atoms with Gasteiger partial charge in [-0.05, 0) is 37.3 Å². The van der Waals surface area contributed by atoms with Gasteiger partial charge < -0.3 is 15.3 Å². The highest BCUT2D eigenvalue weighted by Gasteiger charge is 2.57. The molecule has 2 saturated heterocycles. The highest BCUT2D eigenvalue weighted by molar-refractivity contribution is 7.89. The van der Waals surface area contributed by atoms with Crippen molar-refractivity contribution in [3.63, 3.8) is 0 Å². The van der Waals surface area contributed by atoms with Crippen molar-refractivity contribution in [3.8, 4) is 0 Å². The van der Waals surface area contributed by atoms with Gasteiger partial charge in [-0.1, -0.05) is 70.6 Å². The van der Waals surface area contributed by atoms with Crippen LogP contribution in [-0.2, 0) is 19.6 Å². The van der Waals surface area contributed by atoms with Crippen LogP contribution in [0.1, 0.15) is 77.7 Å². The fourth-order valence-electron chi connectivity index (χ4n) is 6.95. The summed E-state index contributed by atoms with van der Waals surface area (Å²) in [7, 11) is -0.584. The third-order valence-corrected chi connectivity index (χ3v) is 11.1. The van der Waals surface area contributed by atoms with Gasteiger partial charge in [0.05, 0.1) is 22.6 Å². The molecule has 2 aliphatic heterocycles. The van der Waals surface area contributed by atoms with Crippen LogP contribution in [-0.4, -0.2) is 96.5 Å². The van der Waals surface area contributed by atoms with Gasteiger partial charge in [-0.3, -0.25) is 9.59 Å². The molecular weight excluding hydrogens is 556 g/mol. The topological polar surface area (TPSA) is 134 Å². The van der Waals surface area contributed by atoms with Crippen molar-refractivity contribution in [1.29, 1.82) is 0 Å². The van der Waals surface area contributed by atoms with Crippen molar-refractivity contribution in [2.45, 2.75) is 114 Å². The molecule has 1 saturated carbocycles. The highest BCUT2D eigenvalue weighted by atomic mass is 32.2. The van der Waals surface area contributed by atoms with Gasteiger partial charge in [-0.25, -0.2) is 18.9 Å². The monoisotopic (exact) mass is 606 g/mol. The second-order valence-electron chi connectivity index (χ2n) is 13.4. The molecule has 0 bridgehead atoms. The Morgan fingerprint density at radius 1 is 1.12 bits per heavy atom. The van der Waals surface area contributed by atoms with E-state index in [4.69, 9.17) is 0 Å². The largest absolute Gasteiger partial charge is 0.391 e. The molecule has 1 aromatic carbocycles. The second kappa shape index (κ2) is 12.9. The fourth-order valence-corrected chi connectivity index (χ4v) is 8.13. The summed E-state index contributed by atoms with van der Waals surface area (Å²) in [4.78, 5) is 29.0. The lowest BCUT2D eigenvalue weighted by atomic mass is 9.75. The van der Waals surface area contributed by atoms with Crippen LogP contribution in [0, 0.1) is 12.3 Å². The quantitative estimate of drug-likeness (QED) is 0.370.